The van der Waals surface area contributed by atoms with E-state index in [1.807, 2.05) is 36.1 Å². The van der Waals surface area contributed by atoms with E-state index in [2.05, 4.69) is 9.97 Å². The van der Waals surface area contributed by atoms with Gasteiger partial charge in [-0.2, -0.15) is 0 Å². The first-order valence-electron chi connectivity index (χ1n) is 7.07. The van der Waals surface area contributed by atoms with Gasteiger partial charge in [-0.15, -0.1) is 0 Å². The van der Waals surface area contributed by atoms with Crippen LogP contribution in [0.2, 0.25) is 0 Å². The fourth-order valence-electron chi connectivity index (χ4n) is 2.48. The van der Waals surface area contributed by atoms with Gasteiger partial charge in [-0.3, -0.25) is 4.98 Å². The Bertz CT molecular complexity index is 588. The molecule has 110 valence electrons. The summed E-state index contributed by atoms with van der Waals surface area (Å²) in [4.78, 5) is 10.4. The fourth-order valence-corrected chi connectivity index (χ4v) is 2.48. The predicted molar refractivity (Wildman–Crippen MR) is 80.5 cm³/mol. The third kappa shape index (κ3) is 3.31. The number of ether oxygens (including phenoxy) is 1. The van der Waals surface area contributed by atoms with Crippen LogP contribution in [0.5, 0.6) is 5.75 Å². The normalized spacial score (nSPS) is 21.5. The monoisotopic (exact) mass is 285 g/mol. The van der Waals surface area contributed by atoms with E-state index >= 15 is 0 Å². The third-order valence-corrected chi connectivity index (χ3v) is 3.73. The Morgan fingerprint density at radius 1 is 1.29 bits per heavy atom. The highest BCUT2D eigenvalue weighted by Gasteiger charge is 2.37. The molecule has 0 bridgehead atoms. The van der Waals surface area contributed by atoms with Gasteiger partial charge in [-0.1, -0.05) is 17.7 Å². The van der Waals surface area contributed by atoms with Gasteiger partial charge in [0.25, 0.3) is 0 Å². The first-order valence-corrected chi connectivity index (χ1v) is 7.07. The Balaban J connectivity index is 1.60. The van der Waals surface area contributed by atoms with E-state index < -0.39 is 5.60 Å². The lowest BCUT2D eigenvalue weighted by atomic mass is 10.1. The summed E-state index contributed by atoms with van der Waals surface area (Å²) in [6.45, 7) is 3.59. The first-order chi connectivity index (χ1) is 10.1. The van der Waals surface area contributed by atoms with Gasteiger partial charge >= 0.3 is 0 Å². The van der Waals surface area contributed by atoms with Gasteiger partial charge in [0.2, 0.25) is 0 Å². The summed E-state index contributed by atoms with van der Waals surface area (Å²) in [5, 5.41) is 10.6. The van der Waals surface area contributed by atoms with Crippen LogP contribution in [0.3, 0.4) is 0 Å². The quantitative estimate of drug-likeness (QED) is 0.928. The average Bonchev–Trinajstić information content (AvgIpc) is 2.91. The van der Waals surface area contributed by atoms with Crippen molar-refractivity contribution in [2.24, 2.45) is 0 Å². The molecule has 3 rings (SSSR count). The van der Waals surface area contributed by atoms with Crippen molar-refractivity contribution < 1.29 is 9.84 Å². The van der Waals surface area contributed by atoms with E-state index in [1.165, 1.54) is 5.56 Å². The molecule has 1 aromatic carbocycles. The standard InChI is InChI=1S/C16H19N3O2/c1-13-2-4-14(5-3-13)21-12-16(20)6-9-19(11-16)15-10-17-7-8-18-15/h2-5,7-8,10,20H,6,9,11-12H2,1H3. The van der Waals surface area contributed by atoms with Crippen LogP contribution < -0.4 is 9.64 Å². The summed E-state index contributed by atoms with van der Waals surface area (Å²) in [7, 11) is 0. The lowest BCUT2D eigenvalue weighted by Crippen LogP contribution is -2.39. The van der Waals surface area contributed by atoms with E-state index in [0.29, 0.717) is 13.0 Å². The molecule has 1 atom stereocenters. The molecule has 1 N–H and O–H groups in total. The number of nitrogens with zero attached hydrogens (tertiary/aromatic N) is 3. The average molecular weight is 285 g/mol. The van der Waals surface area contributed by atoms with Crippen LogP contribution in [0.4, 0.5) is 5.82 Å². The molecule has 0 aliphatic carbocycles. The van der Waals surface area contributed by atoms with Gasteiger partial charge in [0.1, 0.15) is 23.8 Å². The van der Waals surface area contributed by atoms with Crippen molar-refractivity contribution in [3.63, 3.8) is 0 Å². The van der Waals surface area contributed by atoms with Crippen molar-refractivity contribution in [3.8, 4) is 5.75 Å². The van der Waals surface area contributed by atoms with Crippen LogP contribution in [0.25, 0.3) is 0 Å². The Morgan fingerprint density at radius 2 is 2.10 bits per heavy atom. The SMILES string of the molecule is Cc1ccc(OCC2(O)CCN(c3cnccn3)C2)cc1. The molecule has 0 spiro atoms. The lowest BCUT2D eigenvalue weighted by Gasteiger charge is -2.23. The fraction of sp³-hybridized carbons (Fsp3) is 0.375. The summed E-state index contributed by atoms with van der Waals surface area (Å²) in [5.41, 5.74) is 0.346. The molecule has 21 heavy (non-hydrogen) atoms. The summed E-state index contributed by atoms with van der Waals surface area (Å²) in [5.74, 6) is 1.58. The zero-order chi connectivity index (χ0) is 14.7. The summed E-state index contributed by atoms with van der Waals surface area (Å²) < 4.78 is 5.72. The van der Waals surface area contributed by atoms with Crippen LogP contribution in [-0.2, 0) is 0 Å². The minimum absolute atomic E-state index is 0.285. The van der Waals surface area contributed by atoms with Gasteiger partial charge in [0, 0.05) is 18.9 Å². The first kappa shape index (κ1) is 13.8. The van der Waals surface area contributed by atoms with Crippen molar-refractivity contribution >= 4 is 5.82 Å². The summed E-state index contributed by atoms with van der Waals surface area (Å²) >= 11 is 0. The number of β-amino-alcohol motifs (C(OH)–C–C–N with tert-alkyl or cyclic N) is 1. The minimum atomic E-state index is -0.845. The predicted octanol–water partition coefficient (Wildman–Crippen LogP) is 1.81. The topological polar surface area (TPSA) is 58.5 Å². The summed E-state index contributed by atoms with van der Waals surface area (Å²) in [6, 6.07) is 7.85. The highest BCUT2D eigenvalue weighted by molar-refractivity contribution is 5.38. The van der Waals surface area contributed by atoms with Gasteiger partial charge in [0.05, 0.1) is 12.7 Å². The maximum Gasteiger partial charge on any atom is 0.147 e. The Morgan fingerprint density at radius 3 is 2.81 bits per heavy atom. The van der Waals surface area contributed by atoms with E-state index in [1.54, 1.807) is 18.6 Å². The zero-order valence-corrected chi connectivity index (χ0v) is 12.1. The highest BCUT2D eigenvalue weighted by atomic mass is 16.5. The molecule has 1 aliphatic heterocycles. The van der Waals surface area contributed by atoms with Crippen LogP contribution in [0.15, 0.2) is 42.9 Å². The minimum Gasteiger partial charge on any atom is -0.491 e. The van der Waals surface area contributed by atoms with E-state index in [9.17, 15) is 5.11 Å². The Hall–Kier alpha value is -2.14. The highest BCUT2D eigenvalue weighted by Crippen LogP contribution is 2.26. The molecule has 5 heteroatoms. The van der Waals surface area contributed by atoms with Gasteiger partial charge in [-0.05, 0) is 25.5 Å². The second kappa shape index (κ2) is 5.69. The van der Waals surface area contributed by atoms with Crippen molar-refractivity contribution in [3.05, 3.63) is 48.4 Å². The smallest absolute Gasteiger partial charge is 0.147 e. The van der Waals surface area contributed by atoms with Crippen LogP contribution >= 0.6 is 0 Å². The second-order valence-electron chi connectivity index (χ2n) is 5.56. The Kier molecular flexibility index (Phi) is 3.75. The Labute approximate surface area is 124 Å². The number of benzene rings is 1. The zero-order valence-electron chi connectivity index (χ0n) is 12.1. The van der Waals surface area contributed by atoms with Crippen molar-refractivity contribution in [2.75, 3.05) is 24.6 Å². The molecule has 2 heterocycles. The number of hydrogen-bond donors (Lipinski definition) is 1. The number of aliphatic hydroxyl groups is 1. The van der Waals surface area contributed by atoms with Gasteiger partial charge in [-0.25, -0.2) is 4.98 Å². The largest absolute Gasteiger partial charge is 0.491 e. The van der Waals surface area contributed by atoms with Crippen LogP contribution in [0, 0.1) is 6.92 Å². The van der Waals surface area contributed by atoms with Crippen molar-refractivity contribution in [1.82, 2.24) is 9.97 Å². The maximum absolute atomic E-state index is 10.6. The van der Waals surface area contributed by atoms with E-state index in [4.69, 9.17) is 4.74 Å². The summed E-state index contributed by atoms with van der Waals surface area (Å²) in [6.07, 6.45) is 5.68. The molecule has 1 aliphatic rings. The number of anilines is 1. The third-order valence-electron chi connectivity index (χ3n) is 3.73. The number of aryl methyl sites for hydroxylation is 1. The number of aromatic nitrogens is 2. The maximum atomic E-state index is 10.6. The molecule has 2 aromatic rings. The van der Waals surface area contributed by atoms with E-state index in [0.717, 1.165) is 18.1 Å². The molecule has 0 saturated carbocycles. The molecule has 1 fully saturated rings. The van der Waals surface area contributed by atoms with Gasteiger partial charge < -0.3 is 14.7 Å². The second-order valence-corrected chi connectivity index (χ2v) is 5.56. The van der Waals surface area contributed by atoms with Gasteiger partial charge in [0.15, 0.2) is 0 Å². The lowest BCUT2D eigenvalue weighted by molar-refractivity contribution is 0.0144. The van der Waals surface area contributed by atoms with Crippen molar-refractivity contribution in [2.45, 2.75) is 18.9 Å². The molecular formula is C16H19N3O2. The molecular weight excluding hydrogens is 266 g/mol. The molecule has 1 saturated heterocycles. The molecule has 1 aromatic heterocycles. The van der Waals surface area contributed by atoms with Crippen molar-refractivity contribution in [1.29, 1.82) is 0 Å². The van der Waals surface area contributed by atoms with Crippen LogP contribution in [0.1, 0.15) is 12.0 Å². The molecule has 1 unspecified atom stereocenters. The molecule has 0 radical (unpaired) electrons. The van der Waals surface area contributed by atoms with E-state index in [-0.39, 0.29) is 6.61 Å². The molecule has 5 nitrogen and oxygen atoms in total. The van der Waals surface area contributed by atoms with Crippen LogP contribution in [-0.4, -0.2) is 40.4 Å². The number of hydrogen-bond acceptors (Lipinski definition) is 5. The number of rotatable bonds is 4. The molecule has 0 amide bonds.